The first-order valence-electron chi connectivity index (χ1n) is 6.50. The summed E-state index contributed by atoms with van der Waals surface area (Å²) < 4.78 is 1.43. The summed E-state index contributed by atoms with van der Waals surface area (Å²) in [6.45, 7) is 5.36. The normalized spacial score (nSPS) is 20.8. The van der Waals surface area contributed by atoms with E-state index in [0.717, 1.165) is 13.0 Å². The third kappa shape index (κ3) is 2.15. The zero-order valence-corrected chi connectivity index (χ0v) is 11.6. The van der Waals surface area contributed by atoms with Crippen LogP contribution in [0.3, 0.4) is 0 Å². The molecule has 2 aromatic rings. The molecular formula is C15H18N2S. The van der Waals surface area contributed by atoms with Crippen LogP contribution >= 0.6 is 11.3 Å². The summed E-state index contributed by atoms with van der Waals surface area (Å²) in [6.07, 6.45) is 1.07. The van der Waals surface area contributed by atoms with Gasteiger partial charge in [0.2, 0.25) is 0 Å². The van der Waals surface area contributed by atoms with Crippen LogP contribution in [0.25, 0.3) is 10.1 Å². The van der Waals surface area contributed by atoms with Crippen molar-refractivity contribution < 1.29 is 0 Å². The highest BCUT2D eigenvalue weighted by Crippen LogP contribution is 2.26. The predicted molar refractivity (Wildman–Crippen MR) is 79.6 cm³/mol. The van der Waals surface area contributed by atoms with E-state index >= 15 is 0 Å². The van der Waals surface area contributed by atoms with E-state index in [9.17, 15) is 0 Å². The Balaban J connectivity index is 1.82. The second-order valence-corrected chi connectivity index (χ2v) is 6.05. The summed E-state index contributed by atoms with van der Waals surface area (Å²) in [5.74, 6) is 1.65. The lowest BCUT2D eigenvalue weighted by molar-refractivity contribution is 0.689. The highest BCUT2D eigenvalue weighted by atomic mass is 32.1. The van der Waals surface area contributed by atoms with Crippen LogP contribution in [-0.4, -0.2) is 18.4 Å². The third-order valence-corrected chi connectivity index (χ3v) is 4.49. The number of nitrogens with zero attached hydrogens (tertiary/aromatic N) is 1. The van der Waals surface area contributed by atoms with Gasteiger partial charge in [0, 0.05) is 16.7 Å². The molecule has 18 heavy (non-hydrogen) atoms. The Hall–Kier alpha value is -1.35. The van der Waals surface area contributed by atoms with Crippen molar-refractivity contribution in [1.29, 1.82) is 0 Å². The number of benzene rings is 1. The number of hydrogen-bond donors (Lipinski definition) is 1. The predicted octanol–water partition coefficient (Wildman–Crippen LogP) is 3.47. The van der Waals surface area contributed by atoms with E-state index in [2.05, 4.69) is 53.8 Å². The maximum Gasteiger partial charge on any atom is 0.0998 e. The lowest BCUT2D eigenvalue weighted by atomic mass is 9.99. The third-order valence-electron chi connectivity index (χ3n) is 3.48. The molecule has 3 rings (SSSR count). The summed E-state index contributed by atoms with van der Waals surface area (Å²) in [4.78, 5) is 4.59. The number of thiophene rings is 1. The van der Waals surface area contributed by atoms with Crippen LogP contribution in [0.15, 0.2) is 34.6 Å². The molecule has 0 fully saturated rings. The standard InChI is InChI=1S/C15H18N2S/c1-10(15-16-9-11(2)17-15)8-13-5-3-4-12-6-7-18-14(12)13/h3-7,10-11H,8-9H2,1-2H3,(H,16,17). The molecule has 2 unspecified atom stereocenters. The van der Waals surface area contributed by atoms with Crippen molar-refractivity contribution in [3.8, 4) is 0 Å². The first-order valence-corrected chi connectivity index (χ1v) is 7.38. The Morgan fingerprint density at radius 1 is 1.44 bits per heavy atom. The molecule has 2 nitrogen and oxygen atoms in total. The Bertz CT molecular complexity index is 585. The largest absolute Gasteiger partial charge is 0.369 e. The second kappa shape index (κ2) is 4.73. The van der Waals surface area contributed by atoms with Crippen LogP contribution in [0.4, 0.5) is 0 Å². The van der Waals surface area contributed by atoms with E-state index in [0.29, 0.717) is 12.0 Å². The molecule has 94 valence electrons. The number of hydrogen-bond acceptors (Lipinski definition) is 3. The van der Waals surface area contributed by atoms with Crippen molar-refractivity contribution in [2.24, 2.45) is 10.9 Å². The molecular weight excluding hydrogens is 240 g/mol. The van der Waals surface area contributed by atoms with Crippen LogP contribution in [0, 0.1) is 5.92 Å². The average molecular weight is 258 g/mol. The topological polar surface area (TPSA) is 24.4 Å². The van der Waals surface area contributed by atoms with Crippen molar-refractivity contribution in [2.45, 2.75) is 26.3 Å². The maximum atomic E-state index is 4.59. The van der Waals surface area contributed by atoms with E-state index in [4.69, 9.17) is 0 Å². The van der Waals surface area contributed by atoms with Crippen LogP contribution in [0.2, 0.25) is 0 Å². The lowest BCUT2D eigenvalue weighted by Gasteiger charge is -2.14. The molecule has 0 radical (unpaired) electrons. The molecule has 0 bridgehead atoms. The van der Waals surface area contributed by atoms with Gasteiger partial charge in [-0.05, 0) is 35.7 Å². The molecule has 0 spiro atoms. The van der Waals surface area contributed by atoms with E-state index in [-0.39, 0.29) is 0 Å². The molecule has 1 aliphatic rings. The summed E-state index contributed by atoms with van der Waals surface area (Å²) in [5.41, 5.74) is 1.44. The summed E-state index contributed by atoms with van der Waals surface area (Å²) in [6, 6.07) is 9.28. The first kappa shape index (κ1) is 11.7. The highest BCUT2D eigenvalue weighted by Gasteiger charge is 2.19. The molecule has 1 aromatic heterocycles. The van der Waals surface area contributed by atoms with Gasteiger partial charge in [-0.25, -0.2) is 0 Å². The molecule has 0 aliphatic carbocycles. The van der Waals surface area contributed by atoms with Crippen molar-refractivity contribution >= 4 is 27.3 Å². The Morgan fingerprint density at radius 2 is 2.33 bits per heavy atom. The Kier molecular flexibility index (Phi) is 3.08. The van der Waals surface area contributed by atoms with E-state index < -0.39 is 0 Å². The summed E-state index contributed by atoms with van der Waals surface area (Å²) in [5, 5.41) is 7.00. The molecule has 1 aliphatic heterocycles. The van der Waals surface area contributed by atoms with Crippen LogP contribution < -0.4 is 5.32 Å². The van der Waals surface area contributed by atoms with Crippen molar-refractivity contribution in [3.05, 3.63) is 35.2 Å². The molecule has 1 N–H and O–H groups in total. The minimum absolute atomic E-state index is 0.475. The molecule has 2 heterocycles. The SMILES string of the molecule is CC1CN=C(C(C)Cc2cccc3ccsc23)N1. The monoisotopic (exact) mass is 258 g/mol. The quantitative estimate of drug-likeness (QED) is 0.895. The van der Waals surface area contributed by atoms with Gasteiger partial charge >= 0.3 is 0 Å². The van der Waals surface area contributed by atoms with Gasteiger partial charge in [0.05, 0.1) is 12.4 Å². The second-order valence-electron chi connectivity index (χ2n) is 5.13. The molecule has 3 heteroatoms. The van der Waals surface area contributed by atoms with Gasteiger partial charge in [0.25, 0.3) is 0 Å². The fourth-order valence-electron chi connectivity index (χ4n) is 2.52. The lowest BCUT2D eigenvalue weighted by Crippen LogP contribution is -2.32. The Labute approximate surface area is 112 Å². The summed E-state index contributed by atoms with van der Waals surface area (Å²) >= 11 is 1.84. The zero-order chi connectivity index (χ0) is 12.5. The Morgan fingerprint density at radius 3 is 3.11 bits per heavy atom. The number of aliphatic imine (C=N–C) groups is 1. The van der Waals surface area contributed by atoms with Crippen LogP contribution in [0.5, 0.6) is 0 Å². The fourth-order valence-corrected chi connectivity index (χ4v) is 3.45. The van der Waals surface area contributed by atoms with E-state index in [1.165, 1.54) is 21.5 Å². The highest BCUT2D eigenvalue weighted by molar-refractivity contribution is 7.17. The number of fused-ring (bicyclic) bond motifs is 1. The number of amidine groups is 1. The van der Waals surface area contributed by atoms with E-state index in [1.807, 2.05) is 11.3 Å². The van der Waals surface area contributed by atoms with Gasteiger partial charge in [-0.15, -0.1) is 11.3 Å². The van der Waals surface area contributed by atoms with Gasteiger partial charge < -0.3 is 5.32 Å². The van der Waals surface area contributed by atoms with E-state index in [1.54, 1.807) is 0 Å². The first-order chi connectivity index (χ1) is 8.74. The van der Waals surface area contributed by atoms with Gasteiger partial charge in [-0.2, -0.15) is 0 Å². The van der Waals surface area contributed by atoms with Gasteiger partial charge in [0.1, 0.15) is 0 Å². The zero-order valence-electron chi connectivity index (χ0n) is 10.8. The van der Waals surface area contributed by atoms with Crippen molar-refractivity contribution in [3.63, 3.8) is 0 Å². The minimum Gasteiger partial charge on any atom is -0.369 e. The molecule has 1 aromatic carbocycles. The average Bonchev–Trinajstić information content (AvgIpc) is 2.97. The molecule has 2 atom stereocenters. The maximum absolute atomic E-state index is 4.59. The fraction of sp³-hybridized carbons (Fsp3) is 0.400. The van der Waals surface area contributed by atoms with Gasteiger partial charge in [-0.3, -0.25) is 4.99 Å². The smallest absolute Gasteiger partial charge is 0.0998 e. The molecule has 0 saturated carbocycles. The van der Waals surface area contributed by atoms with Gasteiger partial charge in [0.15, 0.2) is 0 Å². The molecule has 0 saturated heterocycles. The van der Waals surface area contributed by atoms with Crippen molar-refractivity contribution in [2.75, 3.05) is 6.54 Å². The number of rotatable bonds is 3. The van der Waals surface area contributed by atoms with Crippen LogP contribution in [0.1, 0.15) is 19.4 Å². The summed E-state index contributed by atoms with van der Waals surface area (Å²) in [7, 11) is 0. The number of nitrogens with one attached hydrogen (secondary N) is 1. The molecule has 0 amide bonds. The van der Waals surface area contributed by atoms with Gasteiger partial charge in [-0.1, -0.05) is 25.1 Å². The van der Waals surface area contributed by atoms with Crippen molar-refractivity contribution in [1.82, 2.24) is 5.32 Å². The minimum atomic E-state index is 0.475. The van der Waals surface area contributed by atoms with Crippen LogP contribution in [-0.2, 0) is 6.42 Å².